The lowest BCUT2D eigenvalue weighted by Gasteiger charge is -2.20. The van der Waals surface area contributed by atoms with Crippen molar-refractivity contribution in [3.63, 3.8) is 0 Å². The number of phenols is 1. The van der Waals surface area contributed by atoms with Gasteiger partial charge < -0.3 is 20.6 Å². The Hall–Kier alpha value is -3.41. The Morgan fingerprint density at radius 3 is 2.93 bits per heavy atom. The second-order valence-corrected chi connectivity index (χ2v) is 7.91. The summed E-state index contributed by atoms with van der Waals surface area (Å²) in [6, 6.07) is 12.3. The van der Waals surface area contributed by atoms with E-state index in [1.165, 1.54) is 22.4 Å². The average Bonchev–Trinajstić information content (AvgIpc) is 3.11. The maximum Gasteiger partial charge on any atom is 0.267 e. The fourth-order valence-corrected chi connectivity index (χ4v) is 4.32. The van der Waals surface area contributed by atoms with E-state index < -0.39 is 5.91 Å². The van der Waals surface area contributed by atoms with Crippen molar-refractivity contribution in [3.05, 3.63) is 58.7 Å². The third-order valence-corrected chi connectivity index (χ3v) is 5.79. The molecule has 4 rings (SSSR count). The first-order valence-corrected chi connectivity index (χ1v) is 9.93. The molecule has 3 N–H and O–H groups in total. The van der Waals surface area contributed by atoms with Crippen LogP contribution >= 0.6 is 11.3 Å². The number of hydrogen-bond acceptors (Lipinski definition) is 7. The zero-order valence-electron chi connectivity index (χ0n) is 15.8. The lowest BCUT2D eigenvalue weighted by molar-refractivity contribution is -0.112. The summed E-state index contributed by atoms with van der Waals surface area (Å²) in [5.74, 6) is -0.397. The molecule has 0 saturated carbocycles. The van der Waals surface area contributed by atoms with Crippen molar-refractivity contribution in [2.24, 2.45) is 0 Å². The zero-order chi connectivity index (χ0) is 20.4. The Morgan fingerprint density at radius 1 is 1.31 bits per heavy atom. The molecule has 0 radical (unpaired) electrons. The van der Waals surface area contributed by atoms with Crippen LogP contribution in [0, 0.1) is 11.3 Å². The minimum atomic E-state index is -0.531. The quantitative estimate of drug-likeness (QED) is 0.454. The molecule has 0 saturated heterocycles. The number of anilines is 2. The van der Waals surface area contributed by atoms with Crippen molar-refractivity contribution in [1.29, 1.82) is 5.26 Å². The first-order chi connectivity index (χ1) is 14.0. The molecule has 2 heterocycles. The SMILES string of the molecule is CN1CCc2nc(N/C=C(/C#N)C(=O)Nc3cccc4c(O)cccc34)sc2C1. The van der Waals surface area contributed by atoms with Gasteiger partial charge >= 0.3 is 0 Å². The van der Waals surface area contributed by atoms with Crippen molar-refractivity contribution in [2.75, 3.05) is 24.2 Å². The molecule has 29 heavy (non-hydrogen) atoms. The van der Waals surface area contributed by atoms with E-state index in [4.69, 9.17) is 0 Å². The largest absolute Gasteiger partial charge is 0.507 e. The highest BCUT2D eigenvalue weighted by Crippen LogP contribution is 2.30. The molecular formula is C21H19N5O2S. The smallest absolute Gasteiger partial charge is 0.267 e. The Balaban J connectivity index is 1.52. The van der Waals surface area contributed by atoms with E-state index >= 15 is 0 Å². The number of likely N-dealkylation sites (N-methyl/N-ethyl adjacent to an activating group) is 1. The molecule has 8 heteroatoms. The van der Waals surface area contributed by atoms with Crippen LogP contribution in [0.1, 0.15) is 10.6 Å². The molecule has 1 aliphatic rings. The van der Waals surface area contributed by atoms with Crippen LogP contribution in [0.25, 0.3) is 10.8 Å². The molecular weight excluding hydrogens is 386 g/mol. The molecule has 146 valence electrons. The Labute approximate surface area is 171 Å². The second kappa shape index (κ2) is 7.91. The third kappa shape index (κ3) is 3.92. The van der Waals surface area contributed by atoms with Gasteiger partial charge in [-0.25, -0.2) is 4.98 Å². The number of nitriles is 1. The van der Waals surface area contributed by atoms with E-state index in [2.05, 4.69) is 27.6 Å². The molecule has 0 atom stereocenters. The van der Waals surface area contributed by atoms with Gasteiger partial charge in [-0.2, -0.15) is 5.26 Å². The lowest BCUT2D eigenvalue weighted by Crippen LogP contribution is -2.25. The van der Waals surface area contributed by atoms with Gasteiger partial charge in [0, 0.05) is 47.0 Å². The second-order valence-electron chi connectivity index (χ2n) is 6.82. The van der Waals surface area contributed by atoms with E-state index in [9.17, 15) is 15.2 Å². The number of fused-ring (bicyclic) bond motifs is 2. The van der Waals surface area contributed by atoms with Gasteiger partial charge in [-0.1, -0.05) is 24.3 Å². The Kier molecular flexibility index (Phi) is 5.16. The summed E-state index contributed by atoms with van der Waals surface area (Å²) < 4.78 is 0. The summed E-state index contributed by atoms with van der Waals surface area (Å²) in [6.07, 6.45) is 2.28. The minimum Gasteiger partial charge on any atom is -0.507 e. The van der Waals surface area contributed by atoms with E-state index in [1.54, 1.807) is 36.4 Å². The van der Waals surface area contributed by atoms with Gasteiger partial charge in [-0.3, -0.25) is 4.79 Å². The molecule has 7 nitrogen and oxygen atoms in total. The summed E-state index contributed by atoms with van der Waals surface area (Å²) >= 11 is 1.53. The first-order valence-electron chi connectivity index (χ1n) is 9.11. The van der Waals surface area contributed by atoms with E-state index in [0.29, 0.717) is 21.6 Å². The number of aromatic hydroxyl groups is 1. The van der Waals surface area contributed by atoms with Crippen LogP contribution in [0.4, 0.5) is 10.8 Å². The maximum atomic E-state index is 12.6. The highest BCUT2D eigenvalue weighted by Gasteiger charge is 2.18. The van der Waals surface area contributed by atoms with Gasteiger partial charge in [0.15, 0.2) is 5.13 Å². The molecule has 0 bridgehead atoms. The monoisotopic (exact) mass is 405 g/mol. The van der Waals surface area contributed by atoms with E-state index in [0.717, 1.165) is 25.2 Å². The van der Waals surface area contributed by atoms with E-state index in [-0.39, 0.29) is 11.3 Å². The van der Waals surface area contributed by atoms with Gasteiger partial charge in [0.2, 0.25) is 0 Å². The van der Waals surface area contributed by atoms with Crippen LogP contribution in [-0.2, 0) is 17.8 Å². The fourth-order valence-electron chi connectivity index (χ4n) is 3.26. The number of nitrogens with one attached hydrogen (secondary N) is 2. The summed E-state index contributed by atoms with van der Waals surface area (Å²) in [7, 11) is 2.07. The number of aromatic nitrogens is 1. The summed E-state index contributed by atoms with van der Waals surface area (Å²) in [6.45, 7) is 1.83. The number of rotatable bonds is 4. The van der Waals surface area contributed by atoms with Crippen molar-refractivity contribution in [3.8, 4) is 11.8 Å². The van der Waals surface area contributed by atoms with Crippen molar-refractivity contribution >= 4 is 38.8 Å². The van der Waals surface area contributed by atoms with Gasteiger partial charge in [-0.15, -0.1) is 11.3 Å². The zero-order valence-corrected chi connectivity index (χ0v) is 16.6. The highest BCUT2D eigenvalue weighted by atomic mass is 32.1. The Morgan fingerprint density at radius 2 is 2.10 bits per heavy atom. The van der Waals surface area contributed by atoms with Crippen molar-refractivity contribution in [2.45, 2.75) is 13.0 Å². The molecule has 2 aromatic carbocycles. The number of thiazole rings is 1. The molecule has 1 aromatic heterocycles. The molecule has 1 aliphatic heterocycles. The molecule has 0 aliphatic carbocycles. The van der Waals surface area contributed by atoms with Gasteiger partial charge in [-0.05, 0) is 19.2 Å². The summed E-state index contributed by atoms with van der Waals surface area (Å²) in [5, 5.41) is 27.1. The molecule has 0 unspecified atom stereocenters. The number of phenolic OH excluding ortho intramolecular Hbond substituents is 1. The number of carbonyl (C=O) groups is 1. The van der Waals surface area contributed by atoms with Crippen molar-refractivity contribution < 1.29 is 9.90 Å². The predicted molar refractivity (Wildman–Crippen MR) is 114 cm³/mol. The lowest BCUT2D eigenvalue weighted by atomic mass is 10.1. The fraction of sp³-hybridized carbons (Fsp3) is 0.190. The molecule has 3 aromatic rings. The highest BCUT2D eigenvalue weighted by molar-refractivity contribution is 7.15. The van der Waals surface area contributed by atoms with Crippen LogP contribution in [0.2, 0.25) is 0 Å². The third-order valence-electron chi connectivity index (χ3n) is 4.77. The van der Waals surface area contributed by atoms with E-state index in [1.807, 2.05) is 6.07 Å². The van der Waals surface area contributed by atoms with Gasteiger partial charge in [0.05, 0.1) is 5.69 Å². The number of benzene rings is 2. The first kappa shape index (κ1) is 18.9. The predicted octanol–water partition coefficient (Wildman–Crippen LogP) is 3.45. The topological polar surface area (TPSA) is 101 Å². The number of carbonyl (C=O) groups excluding carboxylic acids is 1. The van der Waals surface area contributed by atoms with Crippen molar-refractivity contribution in [1.82, 2.24) is 9.88 Å². The van der Waals surface area contributed by atoms with Crippen LogP contribution in [0.15, 0.2) is 48.2 Å². The van der Waals surface area contributed by atoms with Gasteiger partial charge in [0.1, 0.15) is 17.4 Å². The molecule has 1 amide bonds. The average molecular weight is 405 g/mol. The molecule has 0 fully saturated rings. The minimum absolute atomic E-state index is 0.0625. The number of amides is 1. The number of hydrogen-bond donors (Lipinski definition) is 3. The number of nitrogens with zero attached hydrogens (tertiary/aromatic N) is 3. The van der Waals surface area contributed by atoms with Crippen LogP contribution in [0.3, 0.4) is 0 Å². The molecule has 0 spiro atoms. The van der Waals surface area contributed by atoms with Crippen LogP contribution < -0.4 is 10.6 Å². The van der Waals surface area contributed by atoms with Crippen LogP contribution in [-0.4, -0.2) is 34.5 Å². The van der Waals surface area contributed by atoms with Gasteiger partial charge in [0.25, 0.3) is 5.91 Å². The Bertz CT molecular complexity index is 1160. The standard InChI is InChI=1S/C21H19N5O2S/c1-26-9-8-17-19(12-26)29-21(25-17)23-11-13(10-22)20(28)24-16-6-2-5-15-14(16)4-3-7-18(15)27/h2-7,11,27H,8-9,12H2,1H3,(H,23,25)(H,24,28)/b13-11-. The summed E-state index contributed by atoms with van der Waals surface area (Å²) in [4.78, 5) is 20.6. The maximum absolute atomic E-state index is 12.6. The van der Waals surface area contributed by atoms with Crippen LogP contribution in [0.5, 0.6) is 5.75 Å². The summed E-state index contributed by atoms with van der Waals surface area (Å²) in [5.41, 5.74) is 1.53. The normalized spacial score (nSPS) is 14.3.